The van der Waals surface area contributed by atoms with Crippen LogP contribution < -0.4 is 0 Å². The second-order valence-corrected chi connectivity index (χ2v) is 5.38. The number of likely N-dealkylation sites (tertiary alicyclic amines) is 1. The predicted molar refractivity (Wildman–Crippen MR) is 76.4 cm³/mol. The molecule has 0 aliphatic carbocycles. The highest BCUT2D eigenvalue weighted by atomic mass is 19.1. The van der Waals surface area contributed by atoms with Crippen molar-refractivity contribution in [2.75, 3.05) is 19.7 Å². The first-order valence-electron chi connectivity index (χ1n) is 7.82. The number of ether oxygens (including phenoxy) is 2. The largest absolute Gasteiger partial charge is 0.466 e. The Kier molecular flexibility index (Phi) is 8.08. The van der Waals surface area contributed by atoms with Crippen molar-refractivity contribution in [2.24, 2.45) is 5.92 Å². The summed E-state index contributed by atoms with van der Waals surface area (Å²) in [6.45, 7) is 5.12. The van der Waals surface area contributed by atoms with Gasteiger partial charge >= 0.3 is 12.1 Å². The van der Waals surface area contributed by atoms with Crippen LogP contribution in [0.1, 0.15) is 52.4 Å². The quantitative estimate of drug-likeness (QED) is 0.677. The molecule has 122 valence electrons. The molecule has 1 aliphatic rings. The summed E-state index contributed by atoms with van der Waals surface area (Å²) in [4.78, 5) is 24.7. The lowest BCUT2D eigenvalue weighted by Crippen LogP contribution is -2.41. The molecule has 0 aromatic heterocycles. The number of alkyl halides is 1. The molecule has 1 aliphatic heterocycles. The molecule has 2 atom stereocenters. The highest BCUT2D eigenvalue weighted by Crippen LogP contribution is 2.22. The summed E-state index contributed by atoms with van der Waals surface area (Å²) in [5.41, 5.74) is 0. The van der Waals surface area contributed by atoms with Gasteiger partial charge in [-0.2, -0.15) is 0 Å². The average Bonchev–Trinajstić information content (AvgIpc) is 2.46. The van der Waals surface area contributed by atoms with Crippen molar-refractivity contribution >= 4 is 12.1 Å². The molecule has 0 spiro atoms. The molecule has 1 amide bonds. The molecule has 1 rings (SSSR count). The molecule has 0 aromatic carbocycles. The van der Waals surface area contributed by atoms with Crippen molar-refractivity contribution in [1.82, 2.24) is 4.90 Å². The standard InChI is InChI=1S/C15H26FNO4/c1-3-6-13(16)21-15(19)17-10-5-7-12(11-17)8-9-14(18)20-4-2/h12-13H,3-11H2,1-2H3. The van der Waals surface area contributed by atoms with Crippen molar-refractivity contribution < 1.29 is 23.5 Å². The van der Waals surface area contributed by atoms with Crippen molar-refractivity contribution in [2.45, 2.75) is 58.7 Å². The molecule has 1 saturated heterocycles. The summed E-state index contributed by atoms with van der Waals surface area (Å²) in [5, 5.41) is 0. The number of hydrogen-bond acceptors (Lipinski definition) is 4. The van der Waals surface area contributed by atoms with Gasteiger partial charge in [0.2, 0.25) is 6.36 Å². The fourth-order valence-corrected chi connectivity index (χ4v) is 2.49. The number of amides is 1. The van der Waals surface area contributed by atoms with E-state index in [9.17, 15) is 14.0 Å². The zero-order valence-electron chi connectivity index (χ0n) is 13.0. The molecule has 0 radical (unpaired) electrons. The van der Waals surface area contributed by atoms with Crippen LogP contribution in [0.5, 0.6) is 0 Å². The predicted octanol–water partition coefficient (Wildman–Crippen LogP) is 3.27. The maximum Gasteiger partial charge on any atom is 0.412 e. The molecule has 0 saturated carbocycles. The average molecular weight is 303 g/mol. The van der Waals surface area contributed by atoms with Gasteiger partial charge in [0.05, 0.1) is 6.61 Å². The molecule has 2 unspecified atom stereocenters. The molecule has 6 heteroatoms. The van der Waals surface area contributed by atoms with Gasteiger partial charge in [-0.15, -0.1) is 0 Å². The highest BCUT2D eigenvalue weighted by molar-refractivity contribution is 5.69. The molecule has 0 aromatic rings. The van der Waals surface area contributed by atoms with Gasteiger partial charge < -0.3 is 14.4 Å². The number of hydrogen-bond donors (Lipinski definition) is 0. The Morgan fingerprint density at radius 3 is 2.81 bits per heavy atom. The fourth-order valence-electron chi connectivity index (χ4n) is 2.49. The van der Waals surface area contributed by atoms with Crippen LogP contribution in [0.25, 0.3) is 0 Å². The first-order chi connectivity index (χ1) is 10.1. The van der Waals surface area contributed by atoms with Crippen LogP contribution in [-0.4, -0.2) is 43.0 Å². The first kappa shape index (κ1) is 17.7. The zero-order chi connectivity index (χ0) is 15.7. The maximum absolute atomic E-state index is 13.3. The summed E-state index contributed by atoms with van der Waals surface area (Å²) in [5.74, 6) is 0.0453. The number of carbonyl (C=O) groups is 2. The Bertz CT molecular complexity index is 338. The van der Waals surface area contributed by atoms with Crippen LogP contribution in [0.15, 0.2) is 0 Å². The van der Waals surface area contributed by atoms with E-state index >= 15 is 0 Å². The second-order valence-electron chi connectivity index (χ2n) is 5.38. The number of carbonyl (C=O) groups excluding carboxylic acids is 2. The Hall–Kier alpha value is -1.33. The summed E-state index contributed by atoms with van der Waals surface area (Å²) in [6, 6.07) is 0. The van der Waals surface area contributed by atoms with E-state index in [1.54, 1.807) is 11.8 Å². The number of piperidine rings is 1. The monoisotopic (exact) mass is 303 g/mol. The Balaban J connectivity index is 2.34. The number of nitrogens with zero attached hydrogens (tertiary/aromatic N) is 1. The van der Waals surface area contributed by atoms with Crippen LogP contribution >= 0.6 is 0 Å². The summed E-state index contributed by atoms with van der Waals surface area (Å²) < 4.78 is 23.0. The van der Waals surface area contributed by atoms with Gasteiger partial charge in [-0.1, -0.05) is 6.92 Å². The minimum atomic E-state index is -1.53. The molecule has 0 N–H and O–H groups in total. The molecular formula is C15H26FNO4. The molecule has 1 fully saturated rings. The van der Waals surface area contributed by atoms with E-state index in [2.05, 4.69) is 0 Å². The third-order valence-electron chi connectivity index (χ3n) is 3.58. The van der Waals surface area contributed by atoms with Gasteiger partial charge in [0, 0.05) is 25.9 Å². The number of esters is 1. The highest BCUT2D eigenvalue weighted by Gasteiger charge is 2.26. The number of rotatable bonds is 7. The molecule has 0 bridgehead atoms. The fraction of sp³-hybridized carbons (Fsp3) is 0.867. The van der Waals surface area contributed by atoms with Gasteiger partial charge in [-0.3, -0.25) is 4.79 Å². The Morgan fingerprint density at radius 1 is 1.38 bits per heavy atom. The second kappa shape index (κ2) is 9.58. The molecule has 21 heavy (non-hydrogen) atoms. The van der Waals surface area contributed by atoms with Gasteiger partial charge in [-0.05, 0) is 38.5 Å². The van der Waals surface area contributed by atoms with Crippen LogP contribution in [0, 0.1) is 5.92 Å². The van der Waals surface area contributed by atoms with Gasteiger partial charge in [-0.25, -0.2) is 9.18 Å². The van der Waals surface area contributed by atoms with Gasteiger partial charge in [0.25, 0.3) is 0 Å². The van der Waals surface area contributed by atoms with E-state index in [-0.39, 0.29) is 18.3 Å². The van der Waals surface area contributed by atoms with E-state index in [0.29, 0.717) is 39.0 Å². The van der Waals surface area contributed by atoms with E-state index in [4.69, 9.17) is 9.47 Å². The third-order valence-corrected chi connectivity index (χ3v) is 3.58. The lowest BCUT2D eigenvalue weighted by atomic mass is 9.94. The van der Waals surface area contributed by atoms with E-state index in [1.165, 1.54) is 0 Å². The minimum Gasteiger partial charge on any atom is -0.466 e. The summed E-state index contributed by atoms with van der Waals surface area (Å²) >= 11 is 0. The summed E-state index contributed by atoms with van der Waals surface area (Å²) in [7, 11) is 0. The Morgan fingerprint density at radius 2 is 2.14 bits per heavy atom. The lowest BCUT2D eigenvalue weighted by molar-refractivity contribution is -0.143. The van der Waals surface area contributed by atoms with Crippen molar-refractivity contribution in [3.05, 3.63) is 0 Å². The number of halogens is 1. The molecular weight excluding hydrogens is 277 g/mol. The molecule has 1 heterocycles. The van der Waals surface area contributed by atoms with Crippen LogP contribution in [0.3, 0.4) is 0 Å². The van der Waals surface area contributed by atoms with Crippen LogP contribution in [-0.2, 0) is 14.3 Å². The van der Waals surface area contributed by atoms with Crippen LogP contribution in [0.4, 0.5) is 9.18 Å². The van der Waals surface area contributed by atoms with Crippen LogP contribution in [0.2, 0.25) is 0 Å². The summed E-state index contributed by atoms with van der Waals surface area (Å²) in [6.07, 6.45) is 1.63. The van der Waals surface area contributed by atoms with Crippen molar-refractivity contribution in [3.63, 3.8) is 0 Å². The van der Waals surface area contributed by atoms with E-state index < -0.39 is 12.5 Å². The first-order valence-corrected chi connectivity index (χ1v) is 7.82. The minimum absolute atomic E-state index is 0.205. The maximum atomic E-state index is 13.3. The SMILES string of the molecule is CCCC(F)OC(=O)N1CCCC(CCC(=O)OCC)C1. The Labute approximate surface area is 125 Å². The van der Waals surface area contributed by atoms with Gasteiger partial charge in [0.15, 0.2) is 0 Å². The lowest BCUT2D eigenvalue weighted by Gasteiger charge is -2.32. The van der Waals surface area contributed by atoms with E-state index in [0.717, 1.165) is 12.8 Å². The van der Waals surface area contributed by atoms with Crippen molar-refractivity contribution in [3.8, 4) is 0 Å². The molecule has 5 nitrogen and oxygen atoms in total. The normalized spacial score (nSPS) is 20.0. The van der Waals surface area contributed by atoms with Gasteiger partial charge in [0.1, 0.15) is 0 Å². The smallest absolute Gasteiger partial charge is 0.412 e. The topological polar surface area (TPSA) is 55.8 Å². The third kappa shape index (κ3) is 6.78. The van der Waals surface area contributed by atoms with Crippen molar-refractivity contribution in [1.29, 1.82) is 0 Å². The zero-order valence-corrected chi connectivity index (χ0v) is 13.0. The van der Waals surface area contributed by atoms with E-state index in [1.807, 2.05) is 6.92 Å².